The summed E-state index contributed by atoms with van der Waals surface area (Å²) in [4.78, 5) is 13.7. The molecule has 0 aliphatic heterocycles. The number of amides is 2. The Kier molecular flexibility index (Phi) is 3.65. The summed E-state index contributed by atoms with van der Waals surface area (Å²) >= 11 is 0. The van der Waals surface area contributed by atoms with E-state index in [1.54, 1.807) is 4.90 Å². The van der Waals surface area contributed by atoms with E-state index in [9.17, 15) is 4.79 Å². The average molecular weight is 280 g/mol. The highest BCUT2D eigenvalue weighted by Gasteiger charge is 2.29. The molecule has 21 heavy (non-hydrogen) atoms. The Bertz CT molecular complexity index is 649. The smallest absolute Gasteiger partial charge is 0.315 e. The zero-order valence-corrected chi connectivity index (χ0v) is 12.3. The van der Waals surface area contributed by atoms with Gasteiger partial charge in [0.1, 0.15) is 0 Å². The number of hydrogen-bond donors (Lipinski definition) is 1. The number of hydrogen-bond acceptors (Lipinski definition) is 1. The fraction of sp³-hybridized carbons (Fsp3) is 0.278. The third-order valence-electron chi connectivity index (χ3n) is 4.23. The van der Waals surface area contributed by atoms with Crippen molar-refractivity contribution in [3.63, 3.8) is 0 Å². The lowest BCUT2D eigenvalue weighted by atomic mass is 10.1. The summed E-state index contributed by atoms with van der Waals surface area (Å²) in [7, 11) is 0. The maximum Gasteiger partial charge on any atom is 0.315 e. The maximum atomic E-state index is 11.9. The Balaban J connectivity index is 1.86. The van der Waals surface area contributed by atoms with Crippen LogP contribution in [-0.2, 0) is 13.0 Å². The lowest BCUT2D eigenvalue weighted by Gasteiger charge is -2.28. The number of nitrogens with two attached hydrogens (primary N) is 1. The molecule has 2 amide bonds. The molecule has 1 aliphatic rings. The molecule has 0 radical (unpaired) electrons. The van der Waals surface area contributed by atoms with Gasteiger partial charge in [-0.25, -0.2) is 4.79 Å². The van der Waals surface area contributed by atoms with Gasteiger partial charge in [0.2, 0.25) is 0 Å². The lowest BCUT2D eigenvalue weighted by molar-refractivity contribution is 0.179. The minimum absolute atomic E-state index is 0.0972. The largest absolute Gasteiger partial charge is 0.351 e. The second-order valence-electron chi connectivity index (χ2n) is 5.71. The summed E-state index contributed by atoms with van der Waals surface area (Å²) in [6.45, 7) is 2.62. The fourth-order valence-corrected chi connectivity index (χ4v) is 3.09. The molecule has 1 aliphatic carbocycles. The van der Waals surface area contributed by atoms with Crippen LogP contribution in [0.4, 0.5) is 4.79 Å². The van der Waals surface area contributed by atoms with E-state index in [1.807, 2.05) is 6.07 Å². The molecule has 2 N–H and O–H groups in total. The monoisotopic (exact) mass is 280 g/mol. The van der Waals surface area contributed by atoms with E-state index in [2.05, 4.69) is 49.4 Å². The molecule has 2 aromatic carbocycles. The van der Waals surface area contributed by atoms with Gasteiger partial charge < -0.3 is 10.6 Å². The molecule has 0 spiro atoms. The van der Waals surface area contributed by atoms with Gasteiger partial charge in [-0.1, -0.05) is 54.1 Å². The van der Waals surface area contributed by atoms with Crippen molar-refractivity contribution in [3.05, 3.63) is 70.8 Å². The van der Waals surface area contributed by atoms with E-state index < -0.39 is 0 Å². The highest BCUT2D eigenvalue weighted by molar-refractivity contribution is 5.73. The standard InChI is InChI=1S/C18H20N2O/c1-13-6-8-14(9-7-13)12-20(18(19)21)17-11-10-15-4-2-3-5-16(15)17/h2-9,17H,10-12H2,1H3,(H2,19,21)/t17-/m0/s1. The van der Waals surface area contributed by atoms with Crippen LogP contribution in [0.2, 0.25) is 0 Å². The van der Waals surface area contributed by atoms with Crippen molar-refractivity contribution in [2.45, 2.75) is 32.4 Å². The summed E-state index contributed by atoms with van der Waals surface area (Å²) < 4.78 is 0. The van der Waals surface area contributed by atoms with Crippen LogP contribution in [0.25, 0.3) is 0 Å². The molecule has 0 saturated heterocycles. The molecule has 0 bridgehead atoms. The molecule has 0 unspecified atom stereocenters. The van der Waals surface area contributed by atoms with Gasteiger partial charge in [-0.05, 0) is 36.5 Å². The first-order valence-corrected chi connectivity index (χ1v) is 7.34. The van der Waals surface area contributed by atoms with E-state index in [4.69, 9.17) is 5.73 Å². The van der Waals surface area contributed by atoms with E-state index in [0.29, 0.717) is 6.54 Å². The highest BCUT2D eigenvalue weighted by atomic mass is 16.2. The molecule has 0 fully saturated rings. The Morgan fingerprint density at radius 2 is 1.90 bits per heavy atom. The third-order valence-corrected chi connectivity index (χ3v) is 4.23. The third kappa shape index (κ3) is 2.77. The Hall–Kier alpha value is -2.29. The minimum Gasteiger partial charge on any atom is -0.351 e. The van der Waals surface area contributed by atoms with Crippen LogP contribution in [0.15, 0.2) is 48.5 Å². The number of primary amides is 1. The maximum absolute atomic E-state index is 11.9. The molecular formula is C18H20N2O. The SMILES string of the molecule is Cc1ccc(CN(C(N)=O)[C@H]2CCc3ccccc32)cc1. The molecule has 3 rings (SSSR count). The van der Waals surface area contributed by atoms with Crippen LogP contribution >= 0.6 is 0 Å². The van der Waals surface area contributed by atoms with E-state index in [-0.39, 0.29) is 12.1 Å². The van der Waals surface area contributed by atoms with Crippen LogP contribution in [0.3, 0.4) is 0 Å². The van der Waals surface area contributed by atoms with Gasteiger partial charge in [-0.15, -0.1) is 0 Å². The predicted molar refractivity (Wildman–Crippen MR) is 83.8 cm³/mol. The molecule has 3 nitrogen and oxygen atoms in total. The van der Waals surface area contributed by atoms with Gasteiger partial charge >= 0.3 is 6.03 Å². The van der Waals surface area contributed by atoms with Crippen LogP contribution in [-0.4, -0.2) is 10.9 Å². The van der Waals surface area contributed by atoms with Crippen molar-refractivity contribution in [2.24, 2.45) is 5.73 Å². The molecule has 3 heteroatoms. The van der Waals surface area contributed by atoms with Crippen LogP contribution < -0.4 is 5.73 Å². The Morgan fingerprint density at radius 3 is 2.62 bits per heavy atom. The molecular weight excluding hydrogens is 260 g/mol. The Labute approximate surface area is 125 Å². The molecule has 0 aromatic heterocycles. The van der Waals surface area contributed by atoms with Crippen molar-refractivity contribution in [1.29, 1.82) is 0 Å². The number of nitrogens with zero attached hydrogens (tertiary/aromatic N) is 1. The van der Waals surface area contributed by atoms with Crippen molar-refractivity contribution in [3.8, 4) is 0 Å². The fourth-order valence-electron chi connectivity index (χ4n) is 3.09. The van der Waals surface area contributed by atoms with Gasteiger partial charge in [-0.2, -0.15) is 0 Å². The second-order valence-corrected chi connectivity index (χ2v) is 5.71. The first-order chi connectivity index (χ1) is 10.1. The second kappa shape index (κ2) is 5.60. The summed E-state index contributed by atoms with van der Waals surface area (Å²) in [5.74, 6) is 0. The molecule has 2 aromatic rings. The van der Waals surface area contributed by atoms with E-state index >= 15 is 0 Å². The zero-order valence-electron chi connectivity index (χ0n) is 12.3. The van der Waals surface area contributed by atoms with E-state index in [1.165, 1.54) is 16.7 Å². The Morgan fingerprint density at radius 1 is 1.19 bits per heavy atom. The number of carbonyl (C=O) groups is 1. The zero-order chi connectivity index (χ0) is 14.8. The van der Waals surface area contributed by atoms with Crippen molar-refractivity contribution < 1.29 is 4.79 Å². The summed E-state index contributed by atoms with van der Waals surface area (Å²) in [5.41, 5.74) is 10.5. The van der Waals surface area contributed by atoms with Crippen molar-refractivity contribution in [1.82, 2.24) is 4.90 Å². The summed E-state index contributed by atoms with van der Waals surface area (Å²) in [6, 6.07) is 16.3. The van der Waals surface area contributed by atoms with Gasteiger partial charge in [0, 0.05) is 6.54 Å². The normalized spacial score (nSPS) is 16.5. The van der Waals surface area contributed by atoms with Crippen LogP contribution in [0.5, 0.6) is 0 Å². The number of fused-ring (bicyclic) bond motifs is 1. The van der Waals surface area contributed by atoms with Gasteiger partial charge in [-0.3, -0.25) is 0 Å². The lowest BCUT2D eigenvalue weighted by Crippen LogP contribution is -2.37. The predicted octanol–water partition coefficient (Wildman–Crippen LogP) is 3.56. The first-order valence-electron chi connectivity index (χ1n) is 7.34. The van der Waals surface area contributed by atoms with Gasteiger partial charge in [0.15, 0.2) is 0 Å². The van der Waals surface area contributed by atoms with E-state index in [0.717, 1.165) is 18.4 Å². The number of benzene rings is 2. The average Bonchev–Trinajstić information content (AvgIpc) is 2.90. The molecule has 0 saturated carbocycles. The van der Waals surface area contributed by atoms with Crippen molar-refractivity contribution in [2.75, 3.05) is 0 Å². The quantitative estimate of drug-likeness (QED) is 0.918. The number of aryl methyl sites for hydroxylation is 2. The first kappa shape index (κ1) is 13.7. The minimum atomic E-state index is -0.350. The van der Waals surface area contributed by atoms with Crippen molar-refractivity contribution >= 4 is 6.03 Å². The van der Waals surface area contributed by atoms with Gasteiger partial charge in [0.25, 0.3) is 0 Å². The summed E-state index contributed by atoms with van der Waals surface area (Å²) in [5, 5.41) is 0. The number of urea groups is 1. The number of rotatable bonds is 3. The topological polar surface area (TPSA) is 46.3 Å². The van der Waals surface area contributed by atoms with Crippen LogP contribution in [0, 0.1) is 6.92 Å². The molecule has 1 atom stereocenters. The summed E-state index contributed by atoms with van der Waals surface area (Å²) in [6.07, 6.45) is 1.96. The molecule has 108 valence electrons. The van der Waals surface area contributed by atoms with Crippen LogP contribution in [0.1, 0.15) is 34.7 Å². The highest BCUT2D eigenvalue weighted by Crippen LogP contribution is 2.36. The number of carbonyl (C=O) groups excluding carboxylic acids is 1. The molecule has 0 heterocycles. The van der Waals surface area contributed by atoms with Gasteiger partial charge in [0.05, 0.1) is 6.04 Å².